The lowest BCUT2D eigenvalue weighted by Crippen LogP contribution is -2.42. The number of ether oxygens (including phenoxy) is 1. The fraction of sp³-hybridized carbons (Fsp3) is 0.316. The van der Waals surface area contributed by atoms with Crippen LogP contribution >= 0.6 is 11.6 Å². The van der Waals surface area contributed by atoms with E-state index in [-0.39, 0.29) is 11.7 Å². The number of amides is 1. The van der Waals surface area contributed by atoms with Crippen LogP contribution in [0.15, 0.2) is 48.5 Å². The van der Waals surface area contributed by atoms with E-state index in [0.29, 0.717) is 36.5 Å². The summed E-state index contributed by atoms with van der Waals surface area (Å²) in [5.41, 5.74) is 2.03. The van der Waals surface area contributed by atoms with Gasteiger partial charge in [-0.05, 0) is 59.8 Å². The van der Waals surface area contributed by atoms with E-state index in [0.717, 1.165) is 5.75 Å². The number of hydroxylamine groups is 1. The van der Waals surface area contributed by atoms with Gasteiger partial charge in [0.15, 0.2) is 0 Å². The number of carbonyl (C=O) groups is 1. The van der Waals surface area contributed by atoms with Crippen molar-refractivity contribution in [1.29, 1.82) is 0 Å². The van der Waals surface area contributed by atoms with Gasteiger partial charge in [0.2, 0.25) is 0 Å². The number of halogens is 1. The van der Waals surface area contributed by atoms with Crippen LogP contribution < -0.4 is 10.2 Å². The zero-order valence-electron chi connectivity index (χ0n) is 14.9. The van der Waals surface area contributed by atoms with Crippen molar-refractivity contribution in [3.63, 3.8) is 0 Å². The molecule has 3 rings (SSSR count). The summed E-state index contributed by atoms with van der Waals surface area (Å²) in [6, 6.07) is 13.5. The van der Waals surface area contributed by atoms with Crippen molar-refractivity contribution < 1.29 is 23.5 Å². The number of likely N-dealkylation sites (tertiary alicyclic amines) is 1. The van der Waals surface area contributed by atoms with E-state index in [1.165, 1.54) is 6.07 Å². The summed E-state index contributed by atoms with van der Waals surface area (Å²) in [5, 5.41) is 8.59. The lowest BCUT2D eigenvalue weighted by Gasteiger charge is -2.39. The summed E-state index contributed by atoms with van der Waals surface area (Å²) in [6.07, 6.45) is 1.25. The van der Waals surface area contributed by atoms with Gasteiger partial charge in [-0.2, -0.15) is 0 Å². The molecule has 1 heterocycles. The molecule has 1 saturated heterocycles. The topological polar surface area (TPSA) is 102 Å². The summed E-state index contributed by atoms with van der Waals surface area (Å²) in [7, 11) is 0. The Morgan fingerprint density at radius 1 is 1.21 bits per heavy atom. The summed E-state index contributed by atoms with van der Waals surface area (Å²) in [5.74, 6) is -0.0243. The Bertz CT molecular complexity index is 840. The highest BCUT2D eigenvalue weighted by atomic mass is 35.5. The largest absolute Gasteiger partial charge is 0.771 e. The van der Waals surface area contributed by atoms with Crippen LogP contribution in [-0.2, 0) is 11.1 Å². The molecule has 2 aromatic carbocycles. The molecule has 7 nitrogen and oxygen atoms in total. The Kier molecular flexibility index (Phi) is 7.03. The first-order chi connectivity index (χ1) is 13.5. The molecule has 9 heteroatoms. The van der Waals surface area contributed by atoms with E-state index in [1.54, 1.807) is 52.8 Å². The highest BCUT2D eigenvalue weighted by Gasteiger charge is 2.30. The van der Waals surface area contributed by atoms with Gasteiger partial charge in [0.05, 0.1) is 5.37 Å². The number of nitrogens with one attached hydrogen (secondary N) is 1. The van der Waals surface area contributed by atoms with Crippen LogP contribution in [0, 0.1) is 0 Å². The molecule has 0 saturated carbocycles. The molecule has 2 N–H and O–H groups in total. The van der Waals surface area contributed by atoms with Crippen LogP contribution in [0.3, 0.4) is 0 Å². The molecule has 1 fully saturated rings. The van der Waals surface area contributed by atoms with E-state index in [2.05, 4.69) is 0 Å². The second-order valence-electron chi connectivity index (χ2n) is 6.45. The molecule has 0 aromatic heterocycles. The fourth-order valence-electron chi connectivity index (χ4n) is 3.34. The van der Waals surface area contributed by atoms with Crippen molar-refractivity contribution in [1.82, 2.24) is 10.4 Å². The molecule has 0 aliphatic carbocycles. The summed E-state index contributed by atoms with van der Waals surface area (Å²) in [4.78, 5) is 13.7. The van der Waals surface area contributed by atoms with Gasteiger partial charge in [0, 0.05) is 23.7 Å². The summed E-state index contributed by atoms with van der Waals surface area (Å²) in [6.45, 7) is 0.984. The van der Waals surface area contributed by atoms with E-state index >= 15 is 0 Å². The van der Waals surface area contributed by atoms with Gasteiger partial charge in [0.25, 0.3) is 5.91 Å². The highest BCUT2D eigenvalue weighted by Crippen LogP contribution is 2.30. The van der Waals surface area contributed by atoms with E-state index < -0.39 is 22.4 Å². The Labute approximate surface area is 170 Å². The zero-order valence-corrected chi connectivity index (χ0v) is 16.5. The third kappa shape index (κ3) is 4.89. The van der Waals surface area contributed by atoms with Gasteiger partial charge >= 0.3 is 0 Å². The maximum Gasteiger partial charge on any atom is 0.275 e. The van der Waals surface area contributed by atoms with E-state index in [9.17, 15) is 13.6 Å². The van der Waals surface area contributed by atoms with Gasteiger partial charge in [0.1, 0.15) is 11.9 Å². The lowest BCUT2D eigenvalue weighted by atomic mass is 10.0. The molecular formula is C19H20ClN2O5S-. The molecular weight excluding hydrogens is 404 g/mol. The zero-order chi connectivity index (χ0) is 20.1. The van der Waals surface area contributed by atoms with Gasteiger partial charge in [-0.25, -0.2) is 5.48 Å². The third-order valence-electron chi connectivity index (χ3n) is 4.68. The molecule has 150 valence electrons. The Balaban J connectivity index is 1.71. The fourth-order valence-corrected chi connectivity index (χ4v) is 4.33. The molecule has 1 aliphatic heterocycles. The van der Waals surface area contributed by atoms with Crippen LogP contribution in [0.4, 0.5) is 0 Å². The monoisotopic (exact) mass is 423 g/mol. The average molecular weight is 424 g/mol. The van der Waals surface area contributed by atoms with E-state index in [1.807, 2.05) is 0 Å². The normalized spacial score (nSPS) is 17.7. The molecule has 0 radical (unpaired) electrons. The van der Waals surface area contributed by atoms with E-state index in [4.69, 9.17) is 21.5 Å². The maximum absolute atomic E-state index is 12.0. The number of hydrogen-bond donors (Lipinski definition) is 2. The van der Waals surface area contributed by atoms with Gasteiger partial charge < -0.3 is 9.29 Å². The molecule has 0 bridgehead atoms. The van der Waals surface area contributed by atoms with Crippen LogP contribution in [0.2, 0.25) is 5.02 Å². The Morgan fingerprint density at radius 2 is 1.86 bits per heavy atom. The smallest absolute Gasteiger partial charge is 0.275 e. The number of rotatable bonds is 6. The highest BCUT2D eigenvalue weighted by molar-refractivity contribution is 7.79. The quantitative estimate of drug-likeness (QED) is 0.421. The van der Waals surface area contributed by atoms with Crippen LogP contribution in [0.5, 0.6) is 5.75 Å². The first kappa shape index (κ1) is 20.8. The van der Waals surface area contributed by atoms with Crippen molar-refractivity contribution in [3.05, 3.63) is 64.7 Å². The second kappa shape index (κ2) is 9.49. The average Bonchev–Trinajstić information content (AvgIpc) is 2.71. The Hall–Kier alpha value is -1.97. The van der Waals surface area contributed by atoms with Crippen molar-refractivity contribution in [3.8, 4) is 5.75 Å². The predicted octanol–water partition coefficient (Wildman–Crippen LogP) is 2.88. The first-order valence-corrected chi connectivity index (χ1v) is 10.3. The predicted molar refractivity (Wildman–Crippen MR) is 104 cm³/mol. The number of benzene rings is 2. The minimum absolute atomic E-state index is 0.0332. The van der Waals surface area contributed by atoms with Gasteiger partial charge in [-0.3, -0.25) is 19.1 Å². The number of hydrogen-bond acceptors (Lipinski definition) is 6. The number of carbonyl (C=O) groups excluding carboxylic acids is 1. The summed E-state index contributed by atoms with van der Waals surface area (Å²) >= 11 is 3.40. The van der Waals surface area contributed by atoms with Crippen LogP contribution in [0.1, 0.15) is 34.1 Å². The first-order valence-electron chi connectivity index (χ1n) is 8.77. The number of piperidine rings is 1. The molecule has 1 amide bonds. The van der Waals surface area contributed by atoms with Crippen molar-refractivity contribution in [2.45, 2.75) is 24.3 Å². The molecule has 2 unspecified atom stereocenters. The number of nitrogens with zero attached hydrogens (tertiary/aromatic N) is 1. The van der Waals surface area contributed by atoms with Crippen LogP contribution in [0.25, 0.3) is 0 Å². The maximum atomic E-state index is 12.0. The summed E-state index contributed by atoms with van der Waals surface area (Å²) < 4.78 is 29.9. The molecule has 2 aromatic rings. The second-order valence-corrected chi connectivity index (χ2v) is 7.85. The molecule has 28 heavy (non-hydrogen) atoms. The van der Waals surface area contributed by atoms with Crippen molar-refractivity contribution >= 4 is 28.6 Å². The molecule has 0 spiro atoms. The van der Waals surface area contributed by atoms with Crippen LogP contribution in [-0.4, -0.2) is 44.0 Å². The van der Waals surface area contributed by atoms with Crippen molar-refractivity contribution in [2.24, 2.45) is 0 Å². The van der Waals surface area contributed by atoms with Gasteiger partial charge in [-0.1, -0.05) is 29.8 Å². The standard InChI is InChI=1S/C19H21ClN2O5S/c20-13-5-7-14(8-6-13)27-15-9-11-22(12-10-15)19(28(25)26)17-4-2-1-3-16(17)18(23)21-24/h1-8,15,19,24H,9-12H2,(H,21,23)(H,25,26)/p-1. The van der Waals surface area contributed by atoms with Gasteiger partial charge in [-0.15, -0.1) is 0 Å². The Morgan fingerprint density at radius 3 is 2.46 bits per heavy atom. The SMILES string of the molecule is O=C(NO)c1ccccc1C(N1CCC(Oc2ccc(Cl)cc2)CC1)S(=O)[O-]. The minimum atomic E-state index is -2.47. The lowest BCUT2D eigenvalue weighted by molar-refractivity contribution is 0.0699. The third-order valence-corrected chi connectivity index (χ3v) is 5.85. The van der Waals surface area contributed by atoms with Crippen molar-refractivity contribution in [2.75, 3.05) is 13.1 Å². The molecule has 2 atom stereocenters. The molecule has 1 aliphatic rings. The minimum Gasteiger partial charge on any atom is -0.771 e.